The molecule has 2 fully saturated rings. The van der Waals surface area contributed by atoms with Gasteiger partial charge in [0.05, 0.1) is 12.0 Å². The number of allylic oxidation sites excluding steroid dienone is 1. The van der Waals surface area contributed by atoms with Crippen LogP contribution in [0, 0.1) is 11.8 Å². The van der Waals surface area contributed by atoms with Crippen LogP contribution in [0.2, 0.25) is 0 Å². The molecule has 3 aromatic rings. The van der Waals surface area contributed by atoms with Gasteiger partial charge in [0, 0.05) is 12.1 Å². The fraction of sp³-hybridized carbons (Fsp3) is 0.483. The first kappa shape index (κ1) is 23.7. The summed E-state index contributed by atoms with van der Waals surface area (Å²) in [5.41, 5.74) is 1.93. The van der Waals surface area contributed by atoms with Crippen LogP contribution in [0.4, 0.5) is 0 Å². The number of carbonyl (C=O) groups is 1. The van der Waals surface area contributed by atoms with Crippen molar-refractivity contribution >= 4 is 17.2 Å². The molecule has 2 heterocycles. The van der Waals surface area contributed by atoms with Gasteiger partial charge in [-0.2, -0.15) is 4.98 Å². The van der Waals surface area contributed by atoms with Gasteiger partial charge < -0.3 is 14.5 Å². The second-order valence-corrected chi connectivity index (χ2v) is 10.0. The van der Waals surface area contributed by atoms with Crippen molar-refractivity contribution < 1.29 is 13.9 Å². The van der Waals surface area contributed by atoms with Gasteiger partial charge in [0.1, 0.15) is 6.10 Å². The Labute approximate surface area is 207 Å². The number of rotatable bonds is 9. The second-order valence-electron chi connectivity index (χ2n) is 10.0. The molecule has 0 amide bonds. The molecule has 0 bridgehead atoms. The van der Waals surface area contributed by atoms with Crippen molar-refractivity contribution in [1.29, 1.82) is 0 Å². The van der Waals surface area contributed by atoms with Gasteiger partial charge in [-0.05, 0) is 55.8 Å². The number of aromatic nitrogens is 2. The first-order valence-electron chi connectivity index (χ1n) is 13.0. The van der Waals surface area contributed by atoms with Crippen molar-refractivity contribution in [3.8, 4) is 0 Å². The van der Waals surface area contributed by atoms with E-state index in [2.05, 4.69) is 34.0 Å². The van der Waals surface area contributed by atoms with Crippen molar-refractivity contribution in [2.75, 3.05) is 6.54 Å². The minimum atomic E-state index is -0.513. The van der Waals surface area contributed by atoms with E-state index < -0.39 is 5.41 Å². The number of hydrogen-bond acceptors (Lipinski definition) is 6. The number of ether oxygens (including phenoxy) is 1. The summed E-state index contributed by atoms with van der Waals surface area (Å²) in [4.78, 5) is 22.4. The first-order chi connectivity index (χ1) is 17.2. The van der Waals surface area contributed by atoms with E-state index in [4.69, 9.17) is 9.15 Å². The average Bonchev–Trinajstić information content (AvgIpc) is 3.13. The topological polar surface area (TPSA) is 77.2 Å². The Morgan fingerprint density at radius 2 is 1.94 bits per heavy atom. The highest BCUT2D eigenvalue weighted by atomic mass is 16.5. The fourth-order valence-electron chi connectivity index (χ4n) is 5.81. The first-order valence-corrected chi connectivity index (χ1v) is 13.0. The lowest BCUT2D eigenvalue weighted by molar-refractivity contribution is -0.169. The van der Waals surface area contributed by atoms with Gasteiger partial charge in [0.2, 0.25) is 5.89 Å². The molecule has 2 aromatic heterocycles. The zero-order chi connectivity index (χ0) is 24.1. The monoisotopic (exact) mass is 473 g/mol. The number of nitrogens with one attached hydrogen (secondary N) is 1. The van der Waals surface area contributed by atoms with E-state index in [0.717, 1.165) is 50.6 Å². The maximum Gasteiger partial charge on any atom is 0.316 e. The van der Waals surface area contributed by atoms with Crippen LogP contribution in [0.5, 0.6) is 0 Å². The minimum Gasteiger partial charge on any atom is -0.461 e. The van der Waals surface area contributed by atoms with Crippen LogP contribution < -0.4 is 5.32 Å². The minimum absolute atomic E-state index is 0.0324. The van der Waals surface area contributed by atoms with Crippen LogP contribution in [0.25, 0.3) is 11.2 Å². The van der Waals surface area contributed by atoms with E-state index >= 15 is 0 Å². The van der Waals surface area contributed by atoms with Gasteiger partial charge >= 0.3 is 5.97 Å². The zero-order valence-electron chi connectivity index (χ0n) is 20.3. The number of hydrogen-bond donors (Lipinski definition) is 1. The van der Waals surface area contributed by atoms with Gasteiger partial charge in [-0.3, -0.25) is 4.79 Å². The molecule has 184 valence electrons. The summed E-state index contributed by atoms with van der Waals surface area (Å²) in [6.45, 7) is 5.35. The second kappa shape index (κ2) is 10.7. The zero-order valence-corrected chi connectivity index (χ0v) is 20.3. The van der Waals surface area contributed by atoms with Gasteiger partial charge in [0.25, 0.3) is 0 Å². The van der Waals surface area contributed by atoms with Gasteiger partial charge in [-0.25, -0.2) is 4.98 Å². The van der Waals surface area contributed by atoms with Crippen LogP contribution >= 0.6 is 0 Å². The summed E-state index contributed by atoms with van der Waals surface area (Å²) in [7, 11) is 0. The molecule has 2 aliphatic carbocycles. The number of pyridine rings is 1. The molecule has 6 heteroatoms. The number of nitrogens with zero attached hydrogens (tertiary/aromatic N) is 2. The molecule has 35 heavy (non-hydrogen) atoms. The molecule has 1 aromatic carbocycles. The number of carbonyl (C=O) groups excluding carboxylic acids is 1. The van der Waals surface area contributed by atoms with Crippen molar-refractivity contribution in [1.82, 2.24) is 15.3 Å². The Balaban J connectivity index is 1.20. The predicted octanol–water partition coefficient (Wildman–Crippen LogP) is 5.73. The van der Waals surface area contributed by atoms with E-state index in [9.17, 15) is 4.79 Å². The third-order valence-electron chi connectivity index (χ3n) is 7.91. The third kappa shape index (κ3) is 5.03. The van der Waals surface area contributed by atoms with Gasteiger partial charge in [-0.1, -0.05) is 62.1 Å². The Kier molecular flexibility index (Phi) is 7.28. The summed E-state index contributed by atoms with van der Waals surface area (Å²) in [5.74, 6) is 1.27. The molecule has 2 unspecified atom stereocenters. The lowest BCUT2D eigenvalue weighted by atomic mass is 9.68. The molecule has 6 nitrogen and oxygen atoms in total. The maximum atomic E-state index is 13.7. The van der Waals surface area contributed by atoms with Crippen molar-refractivity contribution in [3.05, 3.63) is 72.8 Å². The third-order valence-corrected chi connectivity index (χ3v) is 7.91. The summed E-state index contributed by atoms with van der Waals surface area (Å²) in [6, 6.07) is 14.0. The molecule has 0 spiro atoms. The standard InChI is InChI=1S/C29H35N3O3/c1-2-21-19-25(23(21)14-18-30-20-26-32-27-24(34-26)13-10-17-31-27)35-28(33)29(15-8-3-4-9-16-29)22-11-6-5-7-12-22/h2,5-7,10-13,17,21,23,25,30H,1,3-4,8-9,14-16,18-20H2/t21?,23?,25-/m0/s1. The van der Waals surface area contributed by atoms with Gasteiger partial charge in [0.15, 0.2) is 11.2 Å². The Hall–Kier alpha value is -2.99. The largest absolute Gasteiger partial charge is 0.461 e. The Morgan fingerprint density at radius 1 is 1.14 bits per heavy atom. The highest BCUT2D eigenvalue weighted by Gasteiger charge is 2.47. The summed E-state index contributed by atoms with van der Waals surface area (Å²) in [6.07, 6.45) is 11.7. The molecule has 2 aliphatic rings. The average molecular weight is 474 g/mol. The maximum absolute atomic E-state index is 13.7. The van der Waals surface area contributed by atoms with E-state index in [1.54, 1.807) is 6.20 Å². The molecule has 5 rings (SSSR count). The number of esters is 1. The van der Waals surface area contributed by atoms with E-state index in [1.165, 1.54) is 12.8 Å². The van der Waals surface area contributed by atoms with E-state index in [-0.39, 0.29) is 18.0 Å². The lowest BCUT2D eigenvalue weighted by Crippen LogP contribution is -2.48. The van der Waals surface area contributed by atoms with Crippen LogP contribution in [-0.4, -0.2) is 28.6 Å². The summed E-state index contributed by atoms with van der Waals surface area (Å²) in [5, 5.41) is 3.43. The van der Waals surface area contributed by atoms with Crippen LogP contribution in [0.3, 0.4) is 0 Å². The SMILES string of the molecule is C=CC1C[C@H](OC(=O)C2(c3ccccc3)CCCCCC2)C1CCNCc1nc2ncccc2o1. The molecule has 1 N–H and O–H groups in total. The normalized spacial score (nSPS) is 23.8. The summed E-state index contributed by atoms with van der Waals surface area (Å²) >= 11 is 0. The summed E-state index contributed by atoms with van der Waals surface area (Å²) < 4.78 is 12.0. The molecule has 0 saturated heterocycles. The van der Waals surface area contributed by atoms with E-state index in [0.29, 0.717) is 29.6 Å². The Bertz CT molecular complexity index is 1100. The van der Waals surface area contributed by atoms with Crippen LogP contribution in [-0.2, 0) is 21.5 Å². The predicted molar refractivity (Wildman–Crippen MR) is 136 cm³/mol. The van der Waals surface area contributed by atoms with Crippen molar-refractivity contribution in [2.45, 2.75) is 69.4 Å². The number of oxazole rings is 1. The quantitative estimate of drug-likeness (QED) is 0.185. The highest BCUT2D eigenvalue weighted by Crippen LogP contribution is 2.44. The molecular formula is C29H35N3O3. The number of benzene rings is 1. The van der Waals surface area contributed by atoms with Gasteiger partial charge in [-0.15, -0.1) is 6.58 Å². The van der Waals surface area contributed by atoms with Crippen molar-refractivity contribution in [3.63, 3.8) is 0 Å². The van der Waals surface area contributed by atoms with E-state index in [1.807, 2.05) is 36.4 Å². The van der Waals surface area contributed by atoms with Crippen LogP contribution in [0.1, 0.15) is 62.8 Å². The molecule has 0 radical (unpaired) electrons. The lowest BCUT2D eigenvalue weighted by Gasteiger charge is -2.44. The molecule has 0 aliphatic heterocycles. The molecule has 3 atom stereocenters. The Morgan fingerprint density at radius 3 is 2.69 bits per heavy atom. The highest BCUT2D eigenvalue weighted by molar-refractivity contribution is 5.83. The van der Waals surface area contributed by atoms with Crippen molar-refractivity contribution in [2.24, 2.45) is 11.8 Å². The van der Waals surface area contributed by atoms with Crippen LogP contribution in [0.15, 0.2) is 65.7 Å². The smallest absolute Gasteiger partial charge is 0.316 e. The molecular weight excluding hydrogens is 438 g/mol. The molecule has 2 saturated carbocycles. The fourth-order valence-corrected chi connectivity index (χ4v) is 5.81. The number of fused-ring (bicyclic) bond motifs is 1.